The second-order valence-electron chi connectivity index (χ2n) is 5.50. The number of primary amides is 1. The summed E-state index contributed by atoms with van der Waals surface area (Å²) in [6.45, 7) is 1.05. The molecule has 124 valence electrons. The Morgan fingerprint density at radius 1 is 1.30 bits per heavy atom. The van der Waals surface area contributed by atoms with Crippen molar-refractivity contribution in [2.45, 2.75) is 12.8 Å². The molecule has 2 rings (SSSR count). The lowest BCUT2D eigenvalue weighted by atomic mass is 9.96. The van der Waals surface area contributed by atoms with Crippen molar-refractivity contribution in [3.63, 3.8) is 0 Å². The van der Waals surface area contributed by atoms with Crippen LogP contribution in [-0.2, 0) is 4.79 Å². The van der Waals surface area contributed by atoms with Gasteiger partial charge in [-0.15, -0.1) is 0 Å². The summed E-state index contributed by atoms with van der Waals surface area (Å²) < 4.78 is 0. The Hall–Kier alpha value is -2.68. The summed E-state index contributed by atoms with van der Waals surface area (Å²) >= 11 is 0. The highest BCUT2D eigenvalue weighted by Gasteiger charge is 2.26. The molecule has 0 atom stereocenters. The van der Waals surface area contributed by atoms with Crippen LogP contribution < -0.4 is 5.73 Å². The quantitative estimate of drug-likeness (QED) is 0.307. The molecule has 0 aromatic heterocycles. The summed E-state index contributed by atoms with van der Waals surface area (Å²) in [5.74, 6) is -2.54. The van der Waals surface area contributed by atoms with E-state index in [0.717, 1.165) is 12.1 Å². The number of nitrogens with zero attached hydrogens (tertiary/aromatic N) is 2. The van der Waals surface area contributed by atoms with Crippen LogP contribution in [0.5, 0.6) is 11.5 Å². The number of hydrogen-bond acceptors (Lipinski definition) is 7. The summed E-state index contributed by atoms with van der Waals surface area (Å²) in [4.78, 5) is 35.1. The van der Waals surface area contributed by atoms with Crippen molar-refractivity contribution in [1.29, 1.82) is 0 Å². The second-order valence-corrected chi connectivity index (χ2v) is 5.50. The molecule has 1 fully saturated rings. The molecular formula is C14H17N3O6. The van der Waals surface area contributed by atoms with Gasteiger partial charge in [-0.2, -0.15) is 0 Å². The summed E-state index contributed by atoms with van der Waals surface area (Å²) in [5, 5.41) is 29.7. The van der Waals surface area contributed by atoms with E-state index in [1.807, 2.05) is 4.90 Å². The highest BCUT2D eigenvalue weighted by atomic mass is 16.6. The van der Waals surface area contributed by atoms with Crippen molar-refractivity contribution >= 4 is 17.4 Å². The van der Waals surface area contributed by atoms with E-state index in [2.05, 4.69) is 0 Å². The summed E-state index contributed by atoms with van der Waals surface area (Å²) in [6, 6.07) is 1.94. The molecule has 1 amide bonds. The molecule has 1 aliphatic rings. The molecule has 0 bridgehead atoms. The average molecular weight is 323 g/mol. The zero-order valence-electron chi connectivity index (χ0n) is 12.3. The van der Waals surface area contributed by atoms with Crippen molar-refractivity contribution in [2.75, 3.05) is 19.6 Å². The number of Topliss-reactive ketones (excluding diaryl/α,β-unsaturated/α-hetero) is 1. The van der Waals surface area contributed by atoms with Crippen LogP contribution in [0.25, 0.3) is 0 Å². The van der Waals surface area contributed by atoms with Crippen LogP contribution in [-0.4, -0.2) is 51.4 Å². The van der Waals surface area contributed by atoms with E-state index in [1.54, 1.807) is 0 Å². The number of piperidine rings is 1. The number of ketones is 1. The number of rotatable bonds is 5. The second kappa shape index (κ2) is 6.61. The molecule has 9 heteroatoms. The minimum Gasteiger partial charge on any atom is -0.504 e. The zero-order valence-corrected chi connectivity index (χ0v) is 12.3. The topological polar surface area (TPSA) is 147 Å². The lowest BCUT2D eigenvalue weighted by Crippen LogP contribution is -2.40. The first-order valence-corrected chi connectivity index (χ1v) is 7.05. The third-order valence-corrected chi connectivity index (χ3v) is 3.95. The largest absolute Gasteiger partial charge is 0.504 e. The third kappa shape index (κ3) is 3.75. The molecule has 1 aromatic rings. The lowest BCUT2D eigenvalue weighted by molar-refractivity contribution is -0.386. The lowest BCUT2D eigenvalue weighted by Gasteiger charge is -2.29. The van der Waals surface area contributed by atoms with Gasteiger partial charge >= 0.3 is 5.69 Å². The van der Waals surface area contributed by atoms with Crippen LogP contribution in [0.1, 0.15) is 23.2 Å². The fourth-order valence-electron chi connectivity index (χ4n) is 2.57. The van der Waals surface area contributed by atoms with Gasteiger partial charge in [0.05, 0.1) is 11.5 Å². The third-order valence-electron chi connectivity index (χ3n) is 3.95. The Bertz CT molecular complexity index is 652. The van der Waals surface area contributed by atoms with Crippen LogP contribution in [0.15, 0.2) is 12.1 Å². The predicted molar refractivity (Wildman–Crippen MR) is 79.1 cm³/mol. The van der Waals surface area contributed by atoms with Gasteiger partial charge in [0.2, 0.25) is 11.7 Å². The maximum absolute atomic E-state index is 12.2. The van der Waals surface area contributed by atoms with Crippen molar-refractivity contribution in [1.82, 2.24) is 4.90 Å². The highest BCUT2D eigenvalue weighted by molar-refractivity contribution is 5.99. The molecule has 0 radical (unpaired) electrons. The smallest absolute Gasteiger partial charge is 0.315 e. The maximum atomic E-state index is 12.2. The molecule has 0 spiro atoms. The van der Waals surface area contributed by atoms with Gasteiger partial charge < -0.3 is 15.9 Å². The minimum atomic E-state index is -0.871. The summed E-state index contributed by atoms with van der Waals surface area (Å²) in [7, 11) is 0. The first-order chi connectivity index (χ1) is 10.8. The Balaban J connectivity index is 2.07. The number of aromatic hydroxyl groups is 2. The van der Waals surface area contributed by atoms with E-state index >= 15 is 0 Å². The number of phenols is 2. The van der Waals surface area contributed by atoms with E-state index in [9.17, 15) is 29.9 Å². The molecule has 0 saturated carbocycles. The fourth-order valence-corrected chi connectivity index (χ4v) is 2.57. The van der Waals surface area contributed by atoms with Gasteiger partial charge in [0.25, 0.3) is 0 Å². The van der Waals surface area contributed by atoms with E-state index in [-0.39, 0.29) is 23.9 Å². The molecule has 0 unspecified atom stereocenters. The Morgan fingerprint density at radius 2 is 1.91 bits per heavy atom. The van der Waals surface area contributed by atoms with Gasteiger partial charge in [-0.1, -0.05) is 0 Å². The molecular weight excluding hydrogens is 306 g/mol. The SMILES string of the molecule is NC(=O)C1CCN(CC(=O)c2cc(O)c(O)c([N+](=O)[O-])c2)CC1. The fraction of sp³-hybridized carbons (Fsp3) is 0.429. The molecule has 9 nitrogen and oxygen atoms in total. The van der Waals surface area contributed by atoms with Crippen molar-refractivity contribution in [3.05, 3.63) is 27.8 Å². The van der Waals surface area contributed by atoms with E-state index < -0.39 is 27.9 Å². The highest BCUT2D eigenvalue weighted by Crippen LogP contribution is 2.36. The first kappa shape index (κ1) is 16.7. The summed E-state index contributed by atoms with van der Waals surface area (Å²) in [6.07, 6.45) is 1.12. The van der Waals surface area contributed by atoms with Gasteiger partial charge in [0, 0.05) is 17.5 Å². The summed E-state index contributed by atoms with van der Waals surface area (Å²) in [5.41, 5.74) is 4.47. The normalized spacial score (nSPS) is 16.2. The monoisotopic (exact) mass is 323 g/mol. The van der Waals surface area contributed by atoms with Crippen LogP contribution in [0.2, 0.25) is 0 Å². The Kier molecular flexibility index (Phi) is 4.80. The van der Waals surface area contributed by atoms with Crippen molar-refractivity contribution in [3.8, 4) is 11.5 Å². The number of likely N-dealkylation sites (tertiary alicyclic amines) is 1. The molecule has 1 aromatic carbocycles. The van der Waals surface area contributed by atoms with Crippen molar-refractivity contribution in [2.24, 2.45) is 11.7 Å². The zero-order chi connectivity index (χ0) is 17.1. The number of phenolic OH excluding ortho intramolecular Hbond substituents is 2. The first-order valence-electron chi connectivity index (χ1n) is 7.05. The van der Waals surface area contributed by atoms with E-state index in [1.165, 1.54) is 0 Å². The van der Waals surface area contributed by atoms with E-state index in [4.69, 9.17) is 5.73 Å². The molecule has 0 aliphatic carbocycles. The van der Waals surface area contributed by atoms with Crippen LogP contribution in [0, 0.1) is 16.0 Å². The van der Waals surface area contributed by atoms with Gasteiger partial charge in [-0.3, -0.25) is 24.6 Å². The number of nitrogens with two attached hydrogens (primary N) is 1. The number of carbonyl (C=O) groups is 2. The maximum Gasteiger partial charge on any atom is 0.315 e. The van der Waals surface area contributed by atoms with Crippen LogP contribution in [0.3, 0.4) is 0 Å². The number of carbonyl (C=O) groups excluding carboxylic acids is 2. The van der Waals surface area contributed by atoms with Gasteiger partial charge in [0.1, 0.15) is 0 Å². The standard InChI is InChI=1S/C14H17N3O6/c15-14(21)8-1-3-16(4-2-8)7-12(19)9-5-10(17(22)23)13(20)11(18)6-9/h5-6,8,18,20H,1-4,7H2,(H2,15,21). The van der Waals surface area contributed by atoms with Crippen molar-refractivity contribution < 1.29 is 24.7 Å². The molecule has 1 heterocycles. The Morgan fingerprint density at radius 3 is 2.43 bits per heavy atom. The number of nitro benzene ring substituents is 1. The number of hydrogen-bond donors (Lipinski definition) is 3. The van der Waals surface area contributed by atoms with E-state index in [0.29, 0.717) is 25.9 Å². The van der Waals surface area contributed by atoms with Gasteiger partial charge in [-0.05, 0) is 32.0 Å². The molecule has 1 aliphatic heterocycles. The molecule has 1 saturated heterocycles. The molecule has 4 N–H and O–H groups in total. The van der Waals surface area contributed by atoms with Crippen LogP contribution in [0.4, 0.5) is 5.69 Å². The Labute approximate surface area is 131 Å². The predicted octanol–water partition coefficient (Wildman–Crippen LogP) is 0.386. The van der Waals surface area contributed by atoms with Crippen LogP contribution >= 0.6 is 0 Å². The van der Waals surface area contributed by atoms with Gasteiger partial charge in [-0.25, -0.2) is 0 Å². The molecule has 23 heavy (non-hydrogen) atoms. The average Bonchev–Trinajstić information content (AvgIpc) is 2.49. The van der Waals surface area contributed by atoms with Gasteiger partial charge in [0.15, 0.2) is 11.5 Å². The number of nitro groups is 1. The number of benzene rings is 1. The minimum absolute atomic E-state index is 0.00680. The number of amides is 1.